The number of thiazole rings is 1. The lowest BCUT2D eigenvalue weighted by Gasteiger charge is -2.06. The lowest BCUT2D eigenvalue weighted by atomic mass is 10.2. The summed E-state index contributed by atoms with van der Waals surface area (Å²) in [6, 6.07) is 2.91. The first kappa shape index (κ1) is 19.0. The van der Waals surface area contributed by atoms with Crippen LogP contribution in [0, 0.1) is 24.5 Å². The molecule has 25 heavy (non-hydrogen) atoms. The molecule has 2 aromatic rings. The van der Waals surface area contributed by atoms with Gasteiger partial charge in [-0.15, -0.1) is 11.3 Å². The molecule has 2 rings (SSSR count). The minimum Gasteiger partial charge on any atom is -0.351 e. The molecular formula is C17H19F2N3O2S. The van der Waals surface area contributed by atoms with Gasteiger partial charge in [0.15, 0.2) is 0 Å². The number of rotatable bonds is 6. The van der Waals surface area contributed by atoms with Gasteiger partial charge in [0.2, 0.25) is 5.91 Å². The number of nitrogens with zero attached hydrogens (tertiary/aromatic N) is 1. The Morgan fingerprint density at radius 3 is 2.64 bits per heavy atom. The molecular weight excluding hydrogens is 348 g/mol. The van der Waals surface area contributed by atoms with Gasteiger partial charge < -0.3 is 10.6 Å². The van der Waals surface area contributed by atoms with Crippen LogP contribution in [0.2, 0.25) is 0 Å². The zero-order valence-corrected chi connectivity index (χ0v) is 15.0. The summed E-state index contributed by atoms with van der Waals surface area (Å²) in [5.74, 6) is -1.96. The largest absolute Gasteiger partial charge is 0.351 e. The summed E-state index contributed by atoms with van der Waals surface area (Å²) in [7, 11) is 0. The second kappa shape index (κ2) is 8.15. The Morgan fingerprint density at radius 1 is 1.28 bits per heavy atom. The van der Waals surface area contributed by atoms with E-state index in [1.807, 2.05) is 13.8 Å². The van der Waals surface area contributed by atoms with Crippen molar-refractivity contribution in [1.82, 2.24) is 10.3 Å². The second-order valence-electron chi connectivity index (χ2n) is 5.98. The van der Waals surface area contributed by atoms with Gasteiger partial charge in [0.1, 0.15) is 21.5 Å². The lowest BCUT2D eigenvalue weighted by Crippen LogP contribution is -2.27. The standard InChI is InChI=1S/C17H19F2N3O2S/c1-9(2)8-20-17(24)16-10(3)21-15(25-16)7-14(23)22-13-5-4-11(18)6-12(13)19/h4-6,9H,7-8H2,1-3H3,(H,20,24)(H,22,23). The molecule has 0 aliphatic carbocycles. The fraction of sp³-hybridized carbons (Fsp3) is 0.353. The maximum atomic E-state index is 13.6. The number of carbonyl (C=O) groups excluding carboxylic acids is 2. The molecule has 0 saturated carbocycles. The molecule has 0 saturated heterocycles. The van der Waals surface area contributed by atoms with Crippen LogP contribution in [-0.2, 0) is 11.2 Å². The van der Waals surface area contributed by atoms with Gasteiger partial charge in [-0.3, -0.25) is 9.59 Å². The van der Waals surface area contributed by atoms with Gasteiger partial charge in [0, 0.05) is 12.6 Å². The van der Waals surface area contributed by atoms with Crippen LogP contribution < -0.4 is 10.6 Å². The number of aromatic nitrogens is 1. The zero-order valence-electron chi connectivity index (χ0n) is 14.2. The Morgan fingerprint density at radius 2 is 2.00 bits per heavy atom. The molecule has 2 amide bonds. The van der Waals surface area contributed by atoms with Gasteiger partial charge in [-0.2, -0.15) is 0 Å². The highest BCUT2D eigenvalue weighted by Gasteiger charge is 2.17. The van der Waals surface area contributed by atoms with Gasteiger partial charge >= 0.3 is 0 Å². The van der Waals surface area contributed by atoms with E-state index < -0.39 is 17.5 Å². The van der Waals surface area contributed by atoms with E-state index >= 15 is 0 Å². The third-order valence-corrected chi connectivity index (χ3v) is 4.39. The smallest absolute Gasteiger partial charge is 0.263 e. The highest BCUT2D eigenvalue weighted by atomic mass is 32.1. The Hall–Kier alpha value is -2.35. The Bertz CT molecular complexity index is 790. The summed E-state index contributed by atoms with van der Waals surface area (Å²) in [5, 5.41) is 5.62. The van der Waals surface area contributed by atoms with Crippen LogP contribution in [-0.4, -0.2) is 23.3 Å². The molecule has 1 aromatic heterocycles. The molecule has 134 valence electrons. The SMILES string of the molecule is Cc1nc(CC(=O)Nc2ccc(F)cc2F)sc1C(=O)NCC(C)C. The third kappa shape index (κ3) is 5.32. The van der Waals surface area contributed by atoms with Crippen molar-refractivity contribution in [2.24, 2.45) is 5.92 Å². The second-order valence-corrected chi connectivity index (χ2v) is 7.06. The first-order valence-electron chi connectivity index (χ1n) is 7.75. The molecule has 0 unspecified atom stereocenters. The number of hydrogen-bond acceptors (Lipinski definition) is 4. The van der Waals surface area contributed by atoms with Crippen molar-refractivity contribution < 1.29 is 18.4 Å². The Balaban J connectivity index is 2.01. The molecule has 0 bridgehead atoms. The van der Waals surface area contributed by atoms with E-state index in [-0.39, 0.29) is 18.0 Å². The maximum absolute atomic E-state index is 13.6. The minimum absolute atomic E-state index is 0.0974. The number of nitrogens with one attached hydrogen (secondary N) is 2. The molecule has 0 aliphatic heterocycles. The van der Waals surface area contributed by atoms with Crippen LogP contribution in [0.15, 0.2) is 18.2 Å². The summed E-state index contributed by atoms with van der Waals surface area (Å²) in [5.41, 5.74) is 0.441. The average molecular weight is 367 g/mol. The normalized spacial score (nSPS) is 10.8. The van der Waals surface area contributed by atoms with Crippen LogP contribution in [0.4, 0.5) is 14.5 Å². The molecule has 5 nitrogen and oxygen atoms in total. The number of halogens is 2. The Kier molecular flexibility index (Phi) is 6.19. The van der Waals surface area contributed by atoms with Crippen molar-refractivity contribution in [3.8, 4) is 0 Å². The van der Waals surface area contributed by atoms with Gasteiger partial charge in [-0.25, -0.2) is 13.8 Å². The summed E-state index contributed by atoms with van der Waals surface area (Å²) in [6.45, 7) is 6.23. The molecule has 1 aromatic carbocycles. The number of amides is 2. The van der Waals surface area contributed by atoms with E-state index in [0.717, 1.165) is 23.5 Å². The maximum Gasteiger partial charge on any atom is 0.263 e. The highest BCUT2D eigenvalue weighted by molar-refractivity contribution is 7.13. The zero-order chi connectivity index (χ0) is 18.6. The molecule has 0 atom stereocenters. The summed E-state index contributed by atoms with van der Waals surface area (Å²) in [4.78, 5) is 28.8. The van der Waals surface area contributed by atoms with Gasteiger partial charge in [-0.1, -0.05) is 13.8 Å². The number of benzene rings is 1. The monoisotopic (exact) mass is 367 g/mol. The average Bonchev–Trinajstić information content (AvgIpc) is 2.88. The molecule has 1 heterocycles. The van der Waals surface area contributed by atoms with Crippen molar-refractivity contribution in [1.29, 1.82) is 0 Å². The van der Waals surface area contributed by atoms with Crippen LogP contribution in [0.3, 0.4) is 0 Å². The van der Waals surface area contributed by atoms with Crippen LogP contribution in [0.25, 0.3) is 0 Å². The van der Waals surface area contributed by atoms with Crippen molar-refractivity contribution in [3.63, 3.8) is 0 Å². The molecule has 0 fully saturated rings. The fourth-order valence-electron chi connectivity index (χ4n) is 2.04. The van der Waals surface area contributed by atoms with E-state index in [1.165, 1.54) is 0 Å². The predicted octanol–water partition coefficient (Wildman–Crippen LogP) is 3.30. The van der Waals surface area contributed by atoms with Gasteiger partial charge in [-0.05, 0) is 25.0 Å². The summed E-state index contributed by atoms with van der Waals surface area (Å²) in [6.07, 6.45) is -0.0974. The van der Waals surface area contributed by atoms with Crippen molar-refractivity contribution in [3.05, 3.63) is 45.4 Å². The minimum atomic E-state index is -0.850. The fourth-order valence-corrected chi connectivity index (χ4v) is 3.02. The van der Waals surface area contributed by atoms with Crippen molar-refractivity contribution in [2.45, 2.75) is 27.2 Å². The number of carbonyl (C=O) groups is 2. The topological polar surface area (TPSA) is 71.1 Å². The van der Waals surface area contributed by atoms with Crippen molar-refractivity contribution in [2.75, 3.05) is 11.9 Å². The first-order chi connectivity index (χ1) is 11.8. The molecule has 0 spiro atoms. The number of hydrogen-bond donors (Lipinski definition) is 2. The van der Waals surface area contributed by atoms with Gasteiger partial charge in [0.25, 0.3) is 5.91 Å². The summed E-state index contributed by atoms with van der Waals surface area (Å²) >= 11 is 1.13. The predicted molar refractivity (Wildman–Crippen MR) is 92.7 cm³/mol. The third-order valence-electron chi connectivity index (χ3n) is 3.23. The molecule has 8 heteroatoms. The number of anilines is 1. The highest BCUT2D eigenvalue weighted by Crippen LogP contribution is 2.20. The van der Waals surface area contributed by atoms with E-state index in [1.54, 1.807) is 6.92 Å². The summed E-state index contributed by atoms with van der Waals surface area (Å²) < 4.78 is 26.4. The van der Waals surface area contributed by atoms with Gasteiger partial charge in [0.05, 0.1) is 17.8 Å². The molecule has 0 aliphatic rings. The van der Waals surface area contributed by atoms with E-state index in [4.69, 9.17) is 0 Å². The van der Waals surface area contributed by atoms with E-state index in [0.29, 0.717) is 34.1 Å². The Labute approximate surface area is 148 Å². The quantitative estimate of drug-likeness (QED) is 0.823. The van der Waals surface area contributed by atoms with Crippen LogP contribution in [0.5, 0.6) is 0 Å². The van der Waals surface area contributed by atoms with E-state index in [9.17, 15) is 18.4 Å². The van der Waals surface area contributed by atoms with Crippen LogP contribution in [0.1, 0.15) is 34.2 Å². The lowest BCUT2D eigenvalue weighted by molar-refractivity contribution is -0.115. The molecule has 0 radical (unpaired) electrons. The first-order valence-corrected chi connectivity index (χ1v) is 8.57. The van der Waals surface area contributed by atoms with Crippen molar-refractivity contribution >= 4 is 28.8 Å². The van der Waals surface area contributed by atoms with E-state index in [2.05, 4.69) is 15.6 Å². The number of aryl methyl sites for hydroxylation is 1. The molecule has 2 N–H and O–H groups in total. The van der Waals surface area contributed by atoms with Crippen LogP contribution >= 0.6 is 11.3 Å².